The number of ketones is 1. The van der Waals surface area contributed by atoms with Gasteiger partial charge in [-0.25, -0.2) is 0 Å². The van der Waals surface area contributed by atoms with Crippen LogP contribution in [0.25, 0.3) is 6.08 Å². The number of hydrogen-bond donors (Lipinski definition) is 1. The average molecular weight is 379 g/mol. The maximum absolute atomic E-state index is 12.9. The van der Waals surface area contributed by atoms with Gasteiger partial charge in [0.1, 0.15) is 0 Å². The Bertz CT molecular complexity index is 967. The van der Waals surface area contributed by atoms with Crippen LogP contribution >= 0.6 is 0 Å². The fourth-order valence-corrected chi connectivity index (χ4v) is 3.64. The number of carbonyl (C=O) groups is 2. The van der Waals surface area contributed by atoms with Crippen molar-refractivity contribution in [3.8, 4) is 11.5 Å². The van der Waals surface area contributed by atoms with Crippen molar-refractivity contribution in [3.63, 3.8) is 0 Å². The predicted octanol–water partition coefficient (Wildman–Crippen LogP) is 3.03. The third kappa shape index (κ3) is 3.05. The first-order valence-electron chi connectivity index (χ1n) is 9.27. The number of anilines is 1. The van der Waals surface area contributed by atoms with Crippen LogP contribution in [0, 0.1) is 0 Å². The van der Waals surface area contributed by atoms with Gasteiger partial charge in [-0.05, 0) is 36.3 Å². The molecule has 0 saturated heterocycles. The minimum Gasteiger partial charge on any atom is -0.454 e. The number of aliphatic hydroxyl groups is 1. The Kier molecular flexibility index (Phi) is 4.65. The summed E-state index contributed by atoms with van der Waals surface area (Å²) in [5.41, 5.74) is 0.0975. The standard InChI is InChI=1S/C22H21NO5/c1-2-11-23-18-6-4-3-5-17(18)22(26,21(23)25)13-16(24)9-7-15-8-10-19-20(12-15)28-14-27-19/h3-10,12,26H,2,11,13-14H2,1H3/b9-7-/t22-/m1/s1. The second-order valence-electron chi connectivity index (χ2n) is 6.92. The molecular weight excluding hydrogens is 358 g/mol. The van der Waals surface area contributed by atoms with Crippen LogP contribution < -0.4 is 14.4 Å². The molecule has 0 aliphatic carbocycles. The average Bonchev–Trinajstić information content (AvgIpc) is 3.24. The van der Waals surface area contributed by atoms with Crippen LogP contribution in [0.15, 0.2) is 48.5 Å². The largest absolute Gasteiger partial charge is 0.454 e. The van der Waals surface area contributed by atoms with Crippen LogP contribution in [0.1, 0.15) is 30.9 Å². The predicted molar refractivity (Wildman–Crippen MR) is 104 cm³/mol. The van der Waals surface area contributed by atoms with E-state index in [9.17, 15) is 14.7 Å². The molecular formula is C22H21NO5. The fourth-order valence-electron chi connectivity index (χ4n) is 3.64. The molecule has 0 bridgehead atoms. The molecule has 2 aliphatic heterocycles. The fraction of sp³-hybridized carbons (Fsp3) is 0.273. The minimum atomic E-state index is -1.83. The maximum Gasteiger partial charge on any atom is 0.264 e. The van der Waals surface area contributed by atoms with Crippen molar-refractivity contribution in [2.75, 3.05) is 18.2 Å². The van der Waals surface area contributed by atoms with Gasteiger partial charge in [-0.3, -0.25) is 9.59 Å². The number of amides is 1. The van der Waals surface area contributed by atoms with E-state index in [1.807, 2.05) is 19.1 Å². The second kappa shape index (κ2) is 7.13. The molecule has 6 heteroatoms. The minimum absolute atomic E-state index is 0.185. The summed E-state index contributed by atoms with van der Waals surface area (Å²) >= 11 is 0. The molecule has 4 rings (SSSR count). The van der Waals surface area contributed by atoms with E-state index < -0.39 is 11.5 Å². The summed E-state index contributed by atoms with van der Waals surface area (Å²) in [6, 6.07) is 12.5. The summed E-state index contributed by atoms with van der Waals surface area (Å²) in [6.07, 6.45) is 3.48. The maximum atomic E-state index is 12.9. The molecule has 1 N–H and O–H groups in total. The van der Waals surface area contributed by atoms with Crippen LogP contribution in [0.5, 0.6) is 11.5 Å². The highest BCUT2D eigenvalue weighted by Gasteiger charge is 2.50. The van der Waals surface area contributed by atoms with E-state index >= 15 is 0 Å². The zero-order chi connectivity index (χ0) is 19.7. The number of fused-ring (bicyclic) bond motifs is 2. The lowest BCUT2D eigenvalue weighted by Gasteiger charge is -2.22. The summed E-state index contributed by atoms with van der Waals surface area (Å²) in [5, 5.41) is 11.1. The summed E-state index contributed by atoms with van der Waals surface area (Å²) in [6.45, 7) is 2.65. The second-order valence-corrected chi connectivity index (χ2v) is 6.92. The van der Waals surface area contributed by atoms with Gasteiger partial charge in [0.2, 0.25) is 6.79 Å². The topological polar surface area (TPSA) is 76.1 Å². The van der Waals surface area contributed by atoms with Crippen molar-refractivity contribution < 1.29 is 24.2 Å². The zero-order valence-electron chi connectivity index (χ0n) is 15.6. The lowest BCUT2D eigenvalue weighted by atomic mass is 9.89. The van der Waals surface area contributed by atoms with Crippen LogP contribution in [0.2, 0.25) is 0 Å². The quantitative estimate of drug-likeness (QED) is 0.781. The highest BCUT2D eigenvalue weighted by Crippen LogP contribution is 2.42. The highest BCUT2D eigenvalue weighted by molar-refractivity contribution is 6.10. The monoisotopic (exact) mass is 379 g/mol. The van der Waals surface area contributed by atoms with Crippen molar-refractivity contribution in [2.45, 2.75) is 25.4 Å². The Morgan fingerprint density at radius 3 is 2.82 bits per heavy atom. The van der Waals surface area contributed by atoms with E-state index in [2.05, 4.69) is 0 Å². The first-order valence-corrected chi connectivity index (χ1v) is 9.27. The lowest BCUT2D eigenvalue weighted by molar-refractivity contribution is -0.140. The number of benzene rings is 2. The molecule has 2 aliphatic rings. The first-order chi connectivity index (χ1) is 13.5. The SMILES string of the molecule is CCCN1C(=O)[C@@](O)(CC(=O)/C=C\c2ccc3c(c2)OCO3)c2ccccc21. The van der Waals surface area contributed by atoms with Crippen LogP contribution in [-0.4, -0.2) is 30.1 Å². The van der Waals surface area contributed by atoms with E-state index in [0.717, 1.165) is 12.0 Å². The van der Waals surface area contributed by atoms with Gasteiger partial charge in [-0.15, -0.1) is 0 Å². The third-order valence-corrected chi connectivity index (χ3v) is 4.97. The number of para-hydroxylation sites is 1. The molecule has 144 valence electrons. The molecule has 0 aromatic heterocycles. The molecule has 2 heterocycles. The Balaban J connectivity index is 1.54. The Labute approximate surface area is 163 Å². The van der Waals surface area contributed by atoms with Gasteiger partial charge in [0.05, 0.1) is 12.1 Å². The van der Waals surface area contributed by atoms with Crippen molar-refractivity contribution in [2.24, 2.45) is 0 Å². The van der Waals surface area contributed by atoms with Gasteiger partial charge < -0.3 is 19.5 Å². The van der Waals surface area contributed by atoms with Gasteiger partial charge in [-0.1, -0.05) is 37.3 Å². The third-order valence-electron chi connectivity index (χ3n) is 4.97. The number of carbonyl (C=O) groups excluding carboxylic acids is 2. The Morgan fingerprint density at radius 2 is 2.00 bits per heavy atom. The molecule has 6 nitrogen and oxygen atoms in total. The normalized spacial score (nSPS) is 20.1. The van der Waals surface area contributed by atoms with Crippen LogP contribution in [0.4, 0.5) is 5.69 Å². The molecule has 1 atom stereocenters. The van der Waals surface area contributed by atoms with Crippen molar-refractivity contribution in [1.29, 1.82) is 0 Å². The molecule has 28 heavy (non-hydrogen) atoms. The molecule has 2 aromatic rings. The van der Waals surface area contributed by atoms with E-state index in [1.54, 1.807) is 41.3 Å². The summed E-state index contributed by atoms with van der Waals surface area (Å²) in [4.78, 5) is 27.0. The highest BCUT2D eigenvalue weighted by atomic mass is 16.7. The number of rotatable bonds is 6. The summed E-state index contributed by atoms with van der Waals surface area (Å²) in [7, 11) is 0. The van der Waals surface area contributed by atoms with E-state index in [1.165, 1.54) is 6.08 Å². The van der Waals surface area contributed by atoms with Gasteiger partial charge in [-0.2, -0.15) is 0 Å². The summed E-state index contributed by atoms with van der Waals surface area (Å²) < 4.78 is 10.6. The molecule has 0 fully saturated rings. The lowest BCUT2D eigenvalue weighted by Crippen LogP contribution is -2.41. The molecule has 0 radical (unpaired) electrons. The Hall–Kier alpha value is -3.12. The molecule has 1 amide bonds. The van der Waals surface area contributed by atoms with Crippen molar-refractivity contribution in [1.82, 2.24) is 0 Å². The van der Waals surface area contributed by atoms with Crippen molar-refractivity contribution in [3.05, 3.63) is 59.7 Å². The molecule has 0 saturated carbocycles. The van der Waals surface area contributed by atoms with Gasteiger partial charge in [0.15, 0.2) is 22.9 Å². The smallest absolute Gasteiger partial charge is 0.264 e. The number of allylic oxidation sites excluding steroid dienone is 1. The number of nitrogens with zero attached hydrogens (tertiary/aromatic N) is 1. The van der Waals surface area contributed by atoms with E-state index in [4.69, 9.17) is 9.47 Å². The molecule has 0 spiro atoms. The van der Waals surface area contributed by atoms with Crippen molar-refractivity contribution >= 4 is 23.5 Å². The molecule has 2 aromatic carbocycles. The molecule has 0 unspecified atom stereocenters. The summed E-state index contributed by atoms with van der Waals surface area (Å²) in [5.74, 6) is 0.521. The number of hydrogen-bond acceptors (Lipinski definition) is 5. The first kappa shape index (κ1) is 18.3. The zero-order valence-corrected chi connectivity index (χ0v) is 15.6. The van der Waals surface area contributed by atoms with Gasteiger partial charge in [0.25, 0.3) is 5.91 Å². The van der Waals surface area contributed by atoms with Gasteiger partial charge in [0, 0.05) is 12.1 Å². The Morgan fingerprint density at radius 1 is 1.21 bits per heavy atom. The van der Waals surface area contributed by atoms with Crippen LogP contribution in [0.3, 0.4) is 0 Å². The number of ether oxygens (including phenoxy) is 2. The van der Waals surface area contributed by atoms with Crippen LogP contribution in [-0.2, 0) is 15.2 Å². The van der Waals surface area contributed by atoms with E-state index in [-0.39, 0.29) is 19.0 Å². The van der Waals surface area contributed by atoms with Gasteiger partial charge >= 0.3 is 0 Å². The van der Waals surface area contributed by atoms with E-state index in [0.29, 0.717) is 29.3 Å².